The molecule has 0 aliphatic carbocycles. The topological polar surface area (TPSA) is 68.3 Å². The summed E-state index contributed by atoms with van der Waals surface area (Å²) in [5.74, 6) is 0. The number of rotatable bonds is 3. The van der Waals surface area contributed by atoms with Crippen molar-refractivity contribution in [3.8, 4) is 0 Å². The summed E-state index contributed by atoms with van der Waals surface area (Å²) in [5.41, 5.74) is 5.87. The third-order valence-corrected chi connectivity index (χ3v) is 2.04. The molecule has 0 aromatic carbocycles. The van der Waals surface area contributed by atoms with Gasteiger partial charge in [-0.25, -0.2) is 4.98 Å². The minimum Gasteiger partial charge on any atom is -0.375 e. The number of hydrogen-bond donors (Lipinski definition) is 1. The van der Waals surface area contributed by atoms with E-state index in [2.05, 4.69) is 22.4 Å². The summed E-state index contributed by atoms with van der Waals surface area (Å²) in [6.07, 6.45) is 0. The number of thiocarbonyl (C=S) groups is 1. The van der Waals surface area contributed by atoms with Crippen LogP contribution in [0.15, 0.2) is 10.6 Å². The summed E-state index contributed by atoms with van der Waals surface area (Å²) < 4.78 is 0. The van der Waals surface area contributed by atoms with Gasteiger partial charge in [-0.15, -0.1) is 16.2 Å². The highest BCUT2D eigenvalue weighted by atomic mass is 32.1. The van der Waals surface area contributed by atoms with Gasteiger partial charge in [-0.3, -0.25) is 0 Å². The van der Waals surface area contributed by atoms with Crippen LogP contribution in [-0.4, -0.2) is 10.4 Å². The third-order valence-electron chi connectivity index (χ3n) is 1.09. The van der Waals surface area contributed by atoms with Gasteiger partial charge in [0.2, 0.25) is 0 Å². The van der Waals surface area contributed by atoms with Crippen molar-refractivity contribution in [3.05, 3.63) is 16.0 Å². The van der Waals surface area contributed by atoms with Gasteiger partial charge in [0.1, 0.15) is 0 Å². The van der Waals surface area contributed by atoms with Gasteiger partial charge in [0.05, 0.1) is 5.69 Å². The molecule has 1 aromatic rings. The van der Waals surface area contributed by atoms with Crippen LogP contribution in [0.2, 0.25) is 0 Å². The molecule has 0 radical (unpaired) electrons. The van der Waals surface area contributed by atoms with Crippen molar-refractivity contribution in [1.29, 1.82) is 0 Å². The number of nitroso groups, excluding NO2 is 1. The first-order chi connectivity index (χ1) is 5.27. The number of hydrogen-bond acceptors (Lipinski definition) is 6. The van der Waals surface area contributed by atoms with Gasteiger partial charge in [0.25, 0.3) is 0 Å². The molecule has 0 amide bonds. The Labute approximate surface area is 72.4 Å². The van der Waals surface area contributed by atoms with E-state index < -0.39 is 6.04 Å². The second kappa shape index (κ2) is 3.49. The van der Waals surface area contributed by atoms with E-state index in [0.29, 0.717) is 10.8 Å². The zero-order valence-electron chi connectivity index (χ0n) is 5.43. The molecule has 0 spiro atoms. The smallest absolute Gasteiger partial charge is 0.180 e. The number of nitrogens with zero attached hydrogens (tertiary/aromatic N) is 2. The van der Waals surface area contributed by atoms with Crippen molar-refractivity contribution in [3.63, 3.8) is 0 Å². The lowest BCUT2D eigenvalue weighted by atomic mass is 10.3. The number of nitrogen functional groups attached to an aromatic ring is 1. The van der Waals surface area contributed by atoms with E-state index in [1.165, 1.54) is 16.7 Å². The van der Waals surface area contributed by atoms with Crippen molar-refractivity contribution in [1.82, 2.24) is 4.98 Å². The van der Waals surface area contributed by atoms with Crippen molar-refractivity contribution in [2.45, 2.75) is 6.04 Å². The number of aromatic nitrogens is 1. The SMILES string of the molecule is Nc1nc(C(C=S)N=O)cs1. The molecule has 0 bridgehead atoms. The summed E-state index contributed by atoms with van der Waals surface area (Å²) in [6, 6.07) is -0.640. The van der Waals surface area contributed by atoms with Crippen LogP contribution < -0.4 is 5.73 Å². The molecule has 0 saturated carbocycles. The molecule has 2 N–H and O–H groups in total. The van der Waals surface area contributed by atoms with Crippen LogP contribution in [0.4, 0.5) is 5.13 Å². The molecule has 6 heteroatoms. The van der Waals surface area contributed by atoms with E-state index in [4.69, 9.17) is 5.73 Å². The molecular formula is C5H5N3OS2. The molecule has 58 valence electrons. The zero-order valence-corrected chi connectivity index (χ0v) is 7.06. The monoisotopic (exact) mass is 187 g/mol. The Morgan fingerprint density at radius 3 is 3.00 bits per heavy atom. The fraction of sp³-hybridized carbons (Fsp3) is 0.200. The molecule has 0 aliphatic heterocycles. The maximum absolute atomic E-state index is 10.1. The number of nitrogens with two attached hydrogens (primary N) is 1. The Hall–Kier alpha value is -0.880. The van der Waals surface area contributed by atoms with Crippen LogP contribution in [0.25, 0.3) is 0 Å². The molecule has 11 heavy (non-hydrogen) atoms. The first kappa shape index (κ1) is 8.22. The summed E-state index contributed by atoms with van der Waals surface area (Å²) in [6.45, 7) is 0. The fourth-order valence-electron chi connectivity index (χ4n) is 0.585. The van der Waals surface area contributed by atoms with Gasteiger partial charge in [0, 0.05) is 10.7 Å². The average Bonchev–Trinajstić information content (AvgIpc) is 2.39. The van der Waals surface area contributed by atoms with E-state index in [1.54, 1.807) is 5.38 Å². The summed E-state index contributed by atoms with van der Waals surface area (Å²) in [4.78, 5) is 14.0. The van der Waals surface area contributed by atoms with E-state index in [0.717, 1.165) is 0 Å². The van der Waals surface area contributed by atoms with Crippen LogP contribution in [0.3, 0.4) is 0 Å². The normalized spacial score (nSPS) is 12.4. The first-order valence-electron chi connectivity index (χ1n) is 2.76. The fourth-order valence-corrected chi connectivity index (χ4v) is 1.37. The maximum atomic E-state index is 10.1. The standard InChI is InChI=1S/C5H5N3OS2/c6-5-7-4(2-11-5)3(1-10)8-9/h1-3H,(H2,6,7). The molecule has 1 aromatic heterocycles. The van der Waals surface area contributed by atoms with E-state index >= 15 is 0 Å². The van der Waals surface area contributed by atoms with Crippen molar-refractivity contribution in [2.75, 3.05) is 5.73 Å². The van der Waals surface area contributed by atoms with Gasteiger partial charge in [-0.05, 0) is 0 Å². The maximum Gasteiger partial charge on any atom is 0.180 e. The third kappa shape index (κ3) is 1.78. The molecule has 0 fully saturated rings. The van der Waals surface area contributed by atoms with Gasteiger partial charge in [-0.1, -0.05) is 17.4 Å². The summed E-state index contributed by atoms with van der Waals surface area (Å²) >= 11 is 5.83. The Morgan fingerprint density at radius 1 is 1.91 bits per heavy atom. The minimum atomic E-state index is -0.640. The molecule has 1 heterocycles. The van der Waals surface area contributed by atoms with Crippen molar-refractivity contribution >= 4 is 34.1 Å². The van der Waals surface area contributed by atoms with Crippen molar-refractivity contribution < 1.29 is 0 Å². The Balaban J connectivity index is 2.89. The van der Waals surface area contributed by atoms with E-state index in [1.807, 2.05) is 0 Å². The highest BCUT2D eigenvalue weighted by Crippen LogP contribution is 2.19. The lowest BCUT2D eigenvalue weighted by molar-refractivity contribution is 0.940. The molecule has 0 saturated heterocycles. The van der Waals surface area contributed by atoms with Gasteiger partial charge >= 0.3 is 0 Å². The van der Waals surface area contributed by atoms with Crippen LogP contribution in [0.1, 0.15) is 11.7 Å². The highest BCUT2D eigenvalue weighted by Gasteiger charge is 2.10. The van der Waals surface area contributed by atoms with E-state index in [9.17, 15) is 4.91 Å². The molecule has 1 unspecified atom stereocenters. The first-order valence-corrected chi connectivity index (χ1v) is 4.11. The Bertz CT molecular complexity index is 264. The van der Waals surface area contributed by atoms with Crippen LogP contribution in [-0.2, 0) is 0 Å². The molecule has 0 aliphatic rings. The summed E-state index contributed by atoms with van der Waals surface area (Å²) in [5, 5.41) is 6.13. The second-order valence-electron chi connectivity index (χ2n) is 1.80. The number of anilines is 1. The molecule has 1 atom stereocenters. The predicted molar refractivity (Wildman–Crippen MR) is 48.7 cm³/mol. The van der Waals surface area contributed by atoms with Crippen LogP contribution in [0.5, 0.6) is 0 Å². The highest BCUT2D eigenvalue weighted by molar-refractivity contribution is 7.79. The number of thiazole rings is 1. The zero-order chi connectivity index (χ0) is 8.27. The Morgan fingerprint density at radius 2 is 2.64 bits per heavy atom. The van der Waals surface area contributed by atoms with Gasteiger partial charge in [0.15, 0.2) is 11.2 Å². The van der Waals surface area contributed by atoms with Gasteiger partial charge < -0.3 is 5.73 Å². The van der Waals surface area contributed by atoms with E-state index in [-0.39, 0.29) is 0 Å². The minimum absolute atomic E-state index is 0.422. The molecule has 1 rings (SSSR count). The molecular weight excluding hydrogens is 182 g/mol. The lowest BCUT2D eigenvalue weighted by Crippen LogP contribution is -1.95. The molecule has 4 nitrogen and oxygen atoms in total. The quantitative estimate of drug-likeness (QED) is 0.575. The van der Waals surface area contributed by atoms with Crippen molar-refractivity contribution in [2.24, 2.45) is 5.18 Å². The van der Waals surface area contributed by atoms with Gasteiger partial charge in [-0.2, -0.15) is 0 Å². The second-order valence-corrected chi connectivity index (χ2v) is 2.96. The van der Waals surface area contributed by atoms with Crippen LogP contribution >= 0.6 is 23.6 Å². The Kier molecular flexibility index (Phi) is 2.61. The largest absolute Gasteiger partial charge is 0.375 e. The summed E-state index contributed by atoms with van der Waals surface area (Å²) in [7, 11) is 0. The lowest BCUT2D eigenvalue weighted by Gasteiger charge is -1.93. The average molecular weight is 187 g/mol. The van der Waals surface area contributed by atoms with Crippen LogP contribution in [0, 0.1) is 4.91 Å². The predicted octanol–water partition coefficient (Wildman–Crippen LogP) is 1.53.